The van der Waals surface area contributed by atoms with Gasteiger partial charge < -0.3 is 10.1 Å². The van der Waals surface area contributed by atoms with Crippen molar-refractivity contribution in [3.05, 3.63) is 35.9 Å². The number of ether oxygens (including phenoxy) is 1. The Kier molecular flexibility index (Phi) is 7.65. The Balaban J connectivity index is 2.61. The van der Waals surface area contributed by atoms with E-state index in [2.05, 4.69) is 54.4 Å². The predicted molar refractivity (Wildman–Crippen MR) is 76.8 cm³/mol. The van der Waals surface area contributed by atoms with Crippen LogP contribution in [0.5, 0.6) is 0 Å². The topological polar surface area (TPSA) is 24.5 Å². The highest BCUT2D eigenvalue weighted by Crippen LogP contribution is 2.13. The van der Waals surface area contributed by atoms with Crippen LogP contribution in [0.3, 0.4) is 0 Å². The largest absolute Gasteiger partial charge is 0.383 e. The van der Waals surface area contributed by atoms with Crippen molar-refractivity contribution < 1.29 is 4.74 Å². The minimum absolute atomic E-state index is 0.396. The highest BCUT2D eigenvalue weighted by Gasteiger charge is 2.13. The first-order valence-electron chi connectivity index (χ1n) is 6.81. The molecule has 1 atom stereocenters. The highest BCUT2D eigenvalue weighted by atomic mass is 16.5. The maximum Gasteiger partial charge on any atom is 0.0589 e. The predicted octanol–water partition coefficient (Wildman–Crippen LogP) is 2.31. The van der Waals surface area contributed by atoms with Crippen LogP contribution in [0.15, 0.2) is 30.3 Å². The van der Waals surface area contributed by atoms with Crippen molar-refractivity contribution in [3.63, 3.8) is 0 Å². The lowest BCUT2D eigenvalue weighted by molar-refractivity contribution is 0.144. The van der Waals surface area contributed by atoms with E-state index in [1.54, 1.807) is 7.11 Å². The summed E-state index contributed by atoms with van der Waals surface area (Å²) in [5, 5.41) is 3.56. The monoisotopic (exact) mass is 250 g/mol. The maximum atomic E-state index is 5.16. The molecule has 1 rings (SSSR count). The number of rotatable bonds is 9. The summed E-state index contributed by atoms with van der Waals surface area (Å²) in [7, 11) is 1.76. The molecule has 0 saturated carbocycles. The molecule has 1 unspecified atom stereocenters. The first-order valence-corrected chi connectivity index (χ1v) is 6.81. The molecule has 0 saturated heterocycles. The van der Waals surface area contributed by atoms with Gasteiger partial charge in [-0.25, -0.2) is 0 Å². The molecule has 0 aliphatic heterocycles. The average Bonchev–Trinajstić information content (AvgIpc) is 2.43. The van der Waals surface area contributed by atoms with E-state index in [4.69, 9.17) is 4.74 Å². The highest BCUT2D eigenvalue weighted by molar-refractivity contribution is 5.19. The van der Waals surface area contributed by atoms with E-state index in [9.17, 15) is 0 Å². The second-order valence-corrected chi connectivity index (χ2v) is 4.41. The zero-order valence-corrected chi connectivity index (χ0v) is 11.9. The van der Waals surface area contributed by atoms with Crippen LogP contribution in [-0.2, 0) is 4.74 Å². The van der Waals surface area contributed by atoms with E-state index in [0.717, 1.165) is 32.8 Å². The summed E-state index contributed by atoms with van der Waals surface area (Å²) in [6.07, 6.45) is 0. The van der Waals surface area contributed by atoms with Crippen LogP contribution in [-0.4, -0.2) is 44.8 Å². The number of benzene rings is 1. The summed E-state index contributed by atoms with van der Waals surface area (Å²) in [6, 6.07) is 11.0. The van der Waals surface area contributed by atoms with Gasteiger partial charge in [-0.3, -0.25) is 4.90 Å². The lowest BCUT2D eigenvalue weighted by Crippen LogP contribution is -2.36. The summed E-state index contributed by atoms with van der Waals surface area (Å²) >= 11 is 0. The van der Waals surface area contributed by atoms with Crippen LogP contribution in [0.4, 0.5) is 0 Å². The molecule has 0 spiro atoms. The zero-order chi connectivity index (χ0) is 13.2. The summed E-state index contributed by atoms with van der Waals surface area (Å²) in [5.41, 5.74) is 1.36. The molecule has 0 amide bonds. The molecule has 102 valence electrons. The van der Waals surface area contributed by atoms with E-state index < -0.39 is 0 Å². The van der Waals surface area contributed by atoms with Gasteiger partial charge in [-0.05, 0) is 18.7 Å². The smallest absolute Gasteiger partial charge is 0.0589 e. The lowest BCUT2D eigenvalue weighted by Gasteiger charge is -2.27. The minimum atomic E-state index is 0.396. The van der Waals surface area contributed by atoms with Crippen molar-refractivity contribution in [2.75, 3.05) is 39.9 Å². The molecule has 0 aliphatic carbocycles. The average molecular weight is 250 g/mol. The van der Waals surface area contributed by atoms with Gasteiger partial charge in [0.2, 0.25) is 0 Å². The molecule has 3 nitrogen and oxygen atoms in total. The molecule has 0 aromatic heterocycles. The van der Waals surface area contributed by atoms with Gasteiger partial charge in [0.05, 0.1) is 6.61 Å². The molecule has 3 heteroatoms. The SMILES string of the molecule is CCNC(CN(CC)CCOC)c1ccccc1. The van der Waals surface area contributed by atoms with E-state index in [1.165, 1.54) is 5.56 Å². The fourth-order valence-corrected chi connectivity index (χ4v) is 2.08. The van der Waals surface area contributed by atoms with Gasteiger partial charge in [0.25, 0.3) is 0 Å². The zero-order valence-electron chi connectivity index (χ0n) is 11.9. The van der Waals surface area contributed by atoms with Crippen LogP contribution in [0.25, 0.3) is 0 Å². The van der Waals surface area contributed by atoms with Gasteiger partial charge in [-0.15, -0.1) is 0 Å². The number of hydrogen-bond donors (Lipinski definition) is 1. The first-order chi connectivity index (χ1) is 8.81. The summed E-state index contributed by atoms with van der Waals surface area (Å²) in [4.78, 5) is 2.42. The number of hydrogen-bond acceptors (Lipinski definition) is 3. The van der Waals surface area contributed by atoms with Crippen molar-refractivity contribution in [1.82, 2.24) is 10.2 Å². The van der Waals surface area contributed by atoms with Gasteiger partial charge in [0.15, 0.2) is 0 Å². The third kappa shape index (κ3) is 5.17. The van der Waals surface area contributed by atoms with E-state index in [0.29, 0.717) is 6.04 Å². The third-order valence-corrected chi connectivity index (χ3v) is 3.15. The van der Waals surface area contributed by atoms with Crippen LogP contribution < -0.4 is 5.32 Å². The molecule has 1 N–H and O–H groups in total. The van der Waals surface area contributed by atoms with Crippen molar-refractivity contribution in [2.24, 2.45) is 0 Å². The molecule has 0 aliphatic rings. The Morgan fingerprint density at radius 1 is 1.22 bits per heavy atom. The summed E-state index contributed by atoms with van der Waals surface area (Å²) in [5.74, 6) is 0. The molecule has 0 heterocycles. The standard InChI is InChI=1S/C15H26N2O/c1-4-16-15(14-9-7-6-8-10-14)13-17(5-2)11-12-18-3/h6-10,15-16H,4-5,11-13H2,1-3H3. The van der Waals surface area contributed by atoms with Crippen molar-refractivity contribution in [2.45, 2.75) is 19.9 Å². The molecule has 0 radical (unpaired) electrons. The molecular weight excluding hydrogens is 224 g/mol. The Morgan fingerprint density at radius 3 is 2.50 bits per heavy atom. The maximum absolute atomic E-state index is 5.16. The Labute approximate surface area is 111 Å². The number of likely N-dealkylation sites (N-methyl/N-ethyl adjacent to an activating group) is 2. The second-order valence-electron chi connectivity index (χ2n) is 4.41. The fraction of sp³-hybridized carbons (Fsp3) is 0.600. The van der Waals surface area contributed by atoms with Gasteiger partial charge in [-0.1, -0.05) is 44.2 Å². The molecule has 1 aromatic carbocycles. The molecular formula is C15H26N2O. The lowest BCUT2D eigenvalue weighted by atomic mass is 10.1. The van der Waals surface area contributed by atoms with Crippen LogP contribution in [0.2, 0.25) is 0 Å². The molecule has 1 aromatic rings. The third-order valence-electron chi connectivity index (χ3n) is 3.15. The van der Waals surface area contributed by atoms with Crippen molar-refractivity contribution in [3.8, 4) is 0 Å². The van der Waals surface area contributed by atoms with Gasteiger partial charge in [-0.2, -0.15) is 0 Å². The van der Waals surface area contributed by atoms with E-state index in [1.807, 2.05) is 0 Å². The van der Waals surface area contributed by atoms with Gasteiger partial charge in [0.1, 0.15) is 0 Å². The van der Waals surface area contributed by atoms with Gasteiger partial charge >= 0.3 is 0 Å². The molecule has 0 bridgehead atoms. The summed E-state index contributed by atoms with van der Waals surface area (Å²) in [6.45, 7) is 9.20. The fourth-order valence-electron chi connectivity index (χ4n) is 2.08. The summed E-state index contributed by atoms with van der Waals surface area (Å²) < 4.78 is 5.16. The van der Waals surface area contributed by atoms with Crippen molar-refractivity contribution >= 4 is 0 Å². The normalized spacial score (nSPS) is 12.9. The quantitative estimate of drug-likeness (QED) is 0.728. The molecule has 18 heavy (non-hydrogen) atoms. The Bertz CT molecular complexity index is 303. The Hall–Kier alpha value is -0.900. The Morgan fingerprint density at radius 2 is 1.94 bits per heavy atom. The van der Waals surface area contributed by atoms with E-state index in [-0.39, 0.29) is 0 Å². The minimum Gasteiger partial charge on any atom is -0.383 e. The number of methoxy groups -OCH3 is 1. The first kappa shape index (κ1) is 15.2. The number of nitrogens with zero attached hydrogens (tertiary/aromatic N) is 1. The van der Waals surface area contributed by atoms with Gasteiger partial charge in [0, 0.05) is 26.2 Å². The van der Waals surface area contributed by atoms with Crippen molar-refractivity contribution in [1.29, 1.82) is 0 Å². The van der Waals surface area contributed by atoms with Crippen LogP contribution in [0, 0.1) is 0 Å². The molecule has 0 fully saturated rings. The second kappa shape index (κ2) is 9.09. The van der Waals surface area contributed by atoms with Crippen LogP contribution >= 0.6 is 0 Å². The van der Waals surface area contributed by atoms with E-state index >= 15 is 0 Å². The number of nitrogens with one attached hydrogen (secondary N) is 1. The van der Waals surface area contributed by atoms with Crippen LogP contribution in [0.1, 0.15) is 25.5 Å².